The molecule has 0 saturated carbocycles. The number of hydrogen-bond donors (Lipinski definition) is 4. The maximum Gasteiger partial charge on any atom is 0.321 e. The fourth-order valence-corrected chi connectivity index (χ4v) is 2.32. The molecule has 27 heavy (non-hydrogen) atoms. The maximum atomic E-state index is 13.2. The Labute approximate surface area is 154 Å². The molecule has 2 aromatic rings. The number of amides is 4. The summed E-state index contributed by atoms with van der Waals surface area (Å²) in [6.45, 7) is -0.181. The number of carbonyl (C=O) groups is 3. The van der Waals surface area contributed by atoms with E-state index in [1.165, 1.54) is 18.4 Å². The predicted molar refractivity (Wildman–Crippen MR) is 93.6 cm³/mol. The number of nitrogens with two attached hydrogens (primary N) is 1. The summed E-state index contributed by atoms with van der Waals surface area (Å²) in [7, 11) is 1.37. The Bertz CT molecular complexity index is 831. The minimum Gasteiger partial charge on any atom is -0.341 e. The van der Waals surface area contributed by atoms with Crippen molar-refractivity contribution in [3.63, 3.8) is 0 Å². The second-order valence-electron chi connectivity index (χ2n) is 5.57. The average Bonchev–Trinajstić information content (AvgIpc) is 2.65. The summed E-state index contributed by atoms with van der Waals surface area (Å²) in [6, 6.07) is 10.1. The van der Waals surface area contributed by atoms with Gasteiger partial charge in [0.2, 0.25) is 0 Å². The Morgan fingerprint density at radius 1 is 1.04 bits per heavy atom. The normalized spacial score (nSPS) is 11.4. The molecule has 0 heterocycles. The van der Waals surface area contributed by atoms with E-state index in [0.29, 0.717) is 5.56 Å². The standard InChI is InChI=1S/C18H18F2N4O3/c1-21-18(27)24-17(26)16(11-5-3-2-4-6-11)22-10-15(25)23-12-7-8-13(19)14(20)9-12/h2-9,16,22H,10H2,1H3,(H,23,25)(H2,21,24,26,27)/p+1/t16-/m1/s1. The van der Waals surface area contributed by atoms with E-state index in [1.54, 1.807) is 30.3 Å². The van der Waals surface area contributed by atoms with Crippen molar-refractivity contribution in [3.8, 4) is 0 Å². The topological polar surface area (TPSA) is 104 Å². The molecule has 0 aromatic heterocycles. The van der Waals surface area contributed by atoms with Gasteiger partial charge in [-0.2, -0.15) is 0 Å². The monoisotopic (exact) mass is 377 g/mol. The first-order valence-corrected chi connectivity index (χ1v) is 8.06. The van der Waals surface area contributed by atoms with Crippen LogP contribution < -0.4 is 21.3 Å². The third-order valence-electron chi connectivity index (χ3n) is 3.65. The zero-order valence-corrected chi connectivity index (χ0v) is 14.5. The number of carbonyl (C=O) groups excluding carboxylic acids is 3. The third kappa shape index (κ3) is 5.86. The van der Waals surface area contributed by atoms with Crippen LogP contribution in [0.4, 0.5) is 19.3 Å². The van der Waals surface area contributed by atoms with Gasteiger partial charge in [-0.25, -0.2) is 13.6 Å². The van der Waals surface area contributed by atoms with Crippen molar-refractivity contribution < 1.29 is 28.5 Å². The molecule has 0 aliphatic heterocycles. The molecular formula is C18H19F2N4O3+. The van der Waals surface area contributed by atoms with Crippen LogP contribution in [-0.2, 0) is 9.59 Å². The molecule has 0 spiro atoms. The first kappa shape index (κ1) is 20.0. The van der Waals surface area contributed by atoms with Gasteiger partial charge in [0.15, 0.2) is 24.2 Å². The summed E-state index contributed by atoms with van der Waals surface area (Å²) in [5.74, 6) is -3.21. The number of rotatable bonds is 6. The van der Waals surface area contributed by atoms with E-state index in [2.05, 4.69) is 16.0 Å². The molecule has 0 radical (unpaired) electrons. The van der Waals surface area contributed by atoms with Gasteiger partial charge in [0.1, 0.15) is 0 Å². The zero-order valence-electron chi connectivity index (χ0n) is 14.5. The van der Waals surface area contributed by atoms with E-state index < -0.39 is 35.5 Å². The quantitative estimate of drug-likeness (QED) is 0.595. The Hall–Kier alpha value is -3.33. The molecule has 0 saturated heterocycles. The van der Waals surface area contributed by atoms with Crippen LogP contribution in [0.3, 0.4) is 0 Å². The molecule has 1 atom stereocenters. The molecule has 9 heteroatoms. The summed E-state index contributed by atoms with van der Waals surface area (Å²) in [5, 5.41) is 8.30. The molecule has 0 bridgehead atoms. The Morgan fingerprint density at radius 2 is 1.74 bits per heavy atom. The highest BCUT2D eigenvalue weighted by molar-refractivity contribution is 5.97. The number of halogens is 2. The van der Waals surface area contributed by atoms with Crippen molar-refractivity contribution in [1.29, 1.82) is 0 Å². The van der Waals surface area contributed by atoms with Crippen molar-refractivity contribution >= 4 is 23.5 Å². The van der Waals surface area contributed by atoms with Crippen LogP contribution in [0.1, 0.15) is 11.6 Å². The van der Waals surface area contributed by atoms with Gasteiger partial charge in [0, 0.05) is 24.4 Å². The highest BCUT2D eigenvalue weighted by atomic mass is 19.2. The van der Waals surface area contributed by atoms with E-state index in [4.69, 9.17) is 0 Å². The van der Waals surface area contributed by atoms with E-state index in [9.17, 15) is 23.2 Å². The lowest BCUT2D eigenvalue weighted by molar-refractivity contribution is -0.672. The van der Waals surface area contributed by atoms with Gasteiger partial charge in [0.05, 0.1) is 0 Å². The summed E-state index contributed by atoms with van der Waals surface area (Å²) in [6.07, 6.45) is 0. The van der Waals surface area contributed by atoms with Crippen LogP contribution in [0, 0.1) is 11.6 Å². The molecule has 142 valence electrons. The minimum absolute atomic E-state index is 0.0957. The van der Waals surface area contributed by atoms with Gasteiger partial charge in [-0.1, -0.05) is 30.3 Å². The molecule has 0 aliphatic rings. The molecule has 5 N–H and O–H groups in total. The van der Waals surface area contributed by atoms with E-state index in [0.717, 1.165) is 12.1 Å². The van der Waals surface area contributed by atoms with Crippen LogP contribution in [0.2, 0.25) is 0 Å². The highest BCUT2D eigenvalue weighted by Crippen LogP contribution is 2.13. The lowest BCUT2D eigenvalue weighted by Crippen LogP contribution is -2.89. The zero-order chi connectivity index (χ0) is 19.8. The fourth-order valence-electron chi connectivity index (χ4n) is 2.32. The van der Waals surface area contributed by atoms with Crippen molar-refractivity contribution in [3.05, 3.63) is 65.7 Å². The first-order chi connectivity index (χ1) is 12.9. The van der Waals surface area contributed by atoms with E-state index in [-0.39, 0.29) is 12.2 Å². The number of benzene rings is 2. The average molecular weight is 377 g/mol. The lowest BCUT2D eigenvalue weighted by atomic mass is 10.1. The molecule has 0 aliphatic carbocycles. The molecule has 2 rings (SSSR count). The number of quaternary nitrogens is 1. The SMILES string of the molecule is CNC(=O)NC(=O)[C@H]([NH2+]CC(=O)Nc1ccc(F)c(F)c1)c1ccccc1. The van der Waals surface area contributed by atoms with Crippen LogP contribution in [0.25, 0.3) is 0 Å². The summed E-state index contributed by atoms with van der Waals surface area (Å²) in [5.41, 5.74) is 0.693. The van der Waals surface area contributed by atoms with Gasteiger partial charge in [-0.15, -0.1) is 0 Å². The number of hydrogen-bond acceptors (Lipinski definition) is 3. The van der Waals surface area contributed by atoms with Crippen LogP contribution >= 0.6 is 0 Å². The number of imide groups is 1. The smallest absolute Gasteiger partial charge is 0.321 e. The Balaban J connectivity index is 2.04. The minimum atomic E-state index is -1.08. The fraction of sp³-hybridized carbons (Fsp3) is 0.167. The van der Waals surface area contributed by atoms with Crippen LogP contribution in [-0.4, -0.2) is 31.4 Å². The van der Waals surface area contributed by atoms with Crippen molar-refractivity contribution in [2.24, 2.45) is 0 Å². The summed E-state index contributed by atoms with van der Waals surface area (Å²) in [4.78, 5) is 35.8. The third-order valence-corrected chi connectivity index (χ3v) is 3.65. The Morgan fingerprint density at radius 3 is 2.37 bits per heavy atom. The van der Waals surface area contributed by atoms with Crippen molar-refractivity contribution in [2.75, 3.05) is 18.9 Å². The van der Waals surface area contributed by atoms with Crippen molar-refractivity contribution in [2.45, 2.75) is 6.04 Å². The maximum absolute atomic E-state index is 13.2. The molecule has 4 amide bonds. The van der Waals surface area contributed by atoms with Gasteiger partial charge >= 0.3 is 6.03 Å². The highest BCUT2D eigenvalue weighted by Gasteiger charge is 2.26. The van der Waals surface area contributed by atoms with Crippen LogP contribution in [0.15, 0.2) is 48.5 Å². The Kier molecular flexibility index (Phi) is 6.95. The van der Waals surface area contributed by atoms with Gasteiger partial charge < -0.3 is 16.0 Å². The van der Waals surface area contributed by atoms with Crippen LogP contribution in [0.5, 0.6) is 0 Å². The largest absolute Gasteiger partial charge is 0.341 e. The second-order valence-corrected chi connectivity index (χ2v) is 5.57. The number of nitrogens with one attached hydrogen (secondary N) is 3. The van der Waals surface area contributed by atoms with Crippen molar-refractivity contribution in [1.82, 2.24) is 10.6 Å². The summed E-state index contributed by atoms with van der Waals surface area (Å²) < 4.78 is 26.1. The van der Waals surface area contributed by atoms with E-state index >= 15 is 0 Å². The van der Waals surface area contributed by atoms with Gasteiger partial charge in [-0.05, 0) is 12.1 Å². The molecule has 0 unspecified atom stereocenters. The predicted octanol–water partition coefficient (Wildman–Crippen LogP) is 0.664. The summed E-state index contributed by atoms with van der Waals surface area (Å²) >= 11 is 0. The second kappa shape index (κ2) is 9.39. The molecule has 7 nitrogen and oxygen atoms in total. The number of anilines is 1. The lowest BCUT2D eigenvalue weighted by Gasteiger charge is -2.15. The molecule has 0 fully saturated rings. The molecular weight excluding hydrogens is 358 g/mol. The van der Waals surface area contributed by atoms with Gasteiger partial charge in [0.25, 0.3) is 11.8 Å². The van der Waals surface area contributed by atoms with E-state index in [1.807, 2.05) is 0 Å². The first-order valence-electron chi connectivity index (χ1n) is 8.06. The van der Waals surface area contributed by atoms with Gasteiger partial charge in [-0.3, -0.25) is 14.9 Å². The molecule has 2 aromatic carbocycles. The number of urea groups is 1.